The molecule has 1 N–H and O–H groups in total. The predicted molar refractivity (Wildman–Crippen MR) is 103 cm³/mol. The second-order valence-corrected chi connectivity index (χ2v) is 7.13. The van der Waals surface area contributed by atoms with Crippen molar-refractivity contribution in [3.63, 3.8) is 0 Å². The Morgan fingerprint density at radius 1 is 1.14 bits per heavy atom. The van der Waals surface area contributed by atoms with E-state index >= 15 is 0 Å². The van der Waals surface area contributed by atoms with E-state index in [9.17, 15) is 14.4 Å². The highest BCUT2D eigenvalue weighted by Gasteiger charge is 2.33. The molecule has 8 nitrogen and oxygen atoms in total. The van der Waals surface area contributed by atoms with Crippen molar-refractivity contribution in [2.24, 2.45) is 0 Å². The van der Waals surface area contributed by atoms with Crippen LogP contribution in [0.5, 0.6) is 11.5 Å². The predicted octanol–water partition coefficient (Wildman–Crippen LogP) is 1.65. The number of rotatable bonds is 6. The van der Waals surface area contributed by atoms with Gasteiger partial charge in [-0.2, -0.15) is 0 Å². The lowest BCUT2D eigenvalue weighted by molar-refractivity contribution is -0.148. The molecule has 2 aliphatic rings. The quantitative estimate of drug-likeness (QED) is 0.748. The number of methoxy groups -OCH3 is 2. The number of benzene rings is 1. The molecule has 0 spiro atoms. The summed E-state index contributed by atoms with van der Waals surface area (Å²) < 4.78 is 10.4. The van der Waals surface area contributed by atoms with Gasteiger partial charge in [-0.25, -0.2) is 0 Å². The monoisotopic (exact) mass is 389 g/mol. The van der Waals surface area contributed by atoms with E-state index in [0.29, 0.717) is 36.3 Å². The van der Waals surface area contributed by atoms with Crippen molar-refractivity contribution in [3.05, 3.63) is 18.2 Å². The van der Waals surface area contributed by atoms with Gasteiger partial charge in [0.05, 0.1) is 26.5 Å². The van der Waals surface area contributed by atoms with E-state index in [2.05, 4.69) is 5.32 Å². The summed E-state index contributed by atoms with van der Waals surface area (Å²) in [5, 5.41) is 2.69. The first-order valence-electron chi connectivity index (χ1n) is 9.61. The van der Waals surface area contributed by atoms with Crippen molar-refractivity contribution < 1.29 is 23.9 Å². The number of piperazine rings is 1. The summed E-state index contributed by atoms with van der Waals surface area (Å²) in [7, 11) is 3.03. The molecular weight excluding hydrogens is 362 g/mol. The number of hydrogen-bond donors (Lipinski definition) is 1. The Balaban J connectivity index is 1.53. The molecule has 8 heteroatoms. The SMILES string of the molecule is COc1ccc(NC(=O)CC(=O)N2CCN(C3CCCC3)C(=O)C2)c(OC)c1. The minimum atomic E-state index is -0.445. The van der Waals surface area contributed by atoms with Gasteiger partial charge in [0.15, 0.2) is 0 Å². The fourth-order valence-electron chi connectivity index (χ4n) is 3.85. The zero-order valence-corrected chi connectivity index (χ0v) is 16.4. The van der Waals surface area contributed by atoms with Gasteiger partial charge < -0.3 is 24.6 Å². The van der Waals surface area contributed by atoms with Crippen LogP contribution in [0.2, 0.25) is 0 Å². The Morgan fingerprint density at radius 2 is 1.89 bits per heavy atom. The van der Waals surface area contributed by atoms with Crippen LogP contribution in [0.1, 0.15) is 32.1 Å². The number of carbonyl (C=O) groups excluding carboxylic acids is 3. The average molecular weight is 389 g/mol. The minimum Gasteiger partial charge on any atom is -0.497 e. The van der Waals surface area contributed by atoms with Crippen LogP contribution in [0.25, 0.3) is 0 Å². The molecule has 0 unspecified atom stereocenters. The number of ether oxygens (including phenoxy) is 2. The molecule has 0 atom stereocenters. The molecule has 0 bridgehead atoms. The first kappa shape index (κ1) is 20.0. The van der Waals surface area contributed by atoms with Gasteiger partial charge in [0.1, 0.15) is 17.9 Å². The number of nitrogens with one attached hydrogen (secondary N) is 1. The molecule has 1 aliphatic heterocycles. The molecule has 1 saturated heterocycles. The molecule has 1 aliphatic carbocycles. The molecule has 1 saturated carbocycles. The van der Waals surface area contributed by atoms with Crippen LogP contribution in [-0.2, 0) is 14.4 Å². The average Bonchev–Trinajstić information content (AvgIpc) is 3.22. The molecular formula is C20H27N3O5. The van der Waals surface area contributed by atoms with Crippen LogP contribution in [0.15, 0.2) is 18.2 Å². The Bertz CT molecular complexity index is 745. The smallest absolute Gasteiger partial charge is 0.242 e. The standard InChI is InChI=1S/C20H27N3O5/c1-27-15-7-8-16(17(11-15)28-2)21-18(24)12-19(25)22-9-10-23(20(26)13-22)14-5-3-4-6-14/h7-8,11,14H,3-6,9-10,12-13H2,1-2H3,(H,21,24). The van der Waals surface area contributed by atoms with Crippen molar-refractivity contribution in [1.82, 2.24) is 9.80 Å². The summed E-state index contributed by atoms with van der Waals surface area (Å²) >= 11 is 0. The molecule has 0 aromatic heterocycles. The van der Waals surface area contributed by atoms with E-state index in [1.165, 1.54) is 12.0 Å². The lowest BCUT2D eigenvalue weighted by Crippen LogP contribution is -2.55. The summed E-state index contributed by atoms with van der Waals surface area (Å²) in [6.45, 7) is 1.07. The van der Waals surface area contributed by atoms with Crippen molar-refractivity contribution in [3.8, 4) is 11.5 Å². The summed E-state index contributed by atoms with van der Waals surface area (Å²) in [4.78, 5) is 40.6. The van der Waals surface area contributed by atoms with E-state index in [1.54, 1.807) is 25.3 Å². The van der Waals surface area contributed by atoms with Gasteiger partial charge in [-0.15, -0.1) is 0 Å². The first-order chi connectivity index (χ1) is 13.5. The second-order valence-electron chi connectivity index (χ2n) is 7.13. The van der Waals surface area contributed by atoms with Gasteiger partial charge in [0.2, 0.25) is 17.7 Å². The van der Waals surface area contributed by atoms with Gasteiger partial charge in [0, 0.05) is 25.2 Å². The highest BCUT2D eigenvalue weighted by molar-refractivity contribution is 6.05. The topological polar surface area (TPSA) is 88.2 Å². The van der Waals surface area contributed by atoms with Crippen molar-refractivity contribution in [2.75, 3.05) is 39.2 Å². The lowest BCUT2D eigenvalue weighted by Gasteiger charge is -2.37. The van der Waals surface area contributed by atoms with Crippen LogP contribution in [0.4, 0.5) is 5.69 Å². The number of anilines is 1. The Labute approximate surface area is 164 Å². The Hall–Kier alpha value is -2.77. The van der Waals surface area contributed by atoms with Gasteiger partial charge in [0.25, 0.3) is 0 Å². The van der Waals surface area contributed by atoms with Gasteiger partial charge >= 0.3 is 0 Å². The third kappa shape index (κ3) is 4.55. The van der Waals surface area contributed by atoms with E-state index in [0.717, 1.165) is 25.7 Å². The zero-order chi connectivity index (χ0) is 20.1. The zero-order valence-electron chi connectivity index (χ0n) is 16.4. The molecule has 3 rings (SSSR count). The van der Waals surface area contributed by atoms with Crippen molar-refractivity contribution in [2.45, 2.75) is 38.1 Å². The number of hydrogen-bond acceptors (Lipinski definition) is 5. The van der Waals surface area contributed by atoms with Crippen molar-refractivity contribution >= 4 is 23.4 Å². The molecule has 2 fully saturated rings. The lowest BCUT2D eigenvalue weighted by atomic mass is 10.1. The van der Waals surface area contributed by atoms with E-state index < -0.39 is 5.91 Å². The molecule has 152 valence electrons. The summed E-state index contributed by atoms with van der Waals surface area (Å²) in [5.41, 5.74) is 0.461. The molecule has 0 radical (unpaired) electrons. The van der Waals surface area contributed by atoms with Crippen molar-refractivity contribution in [1.29, 1.82) is 0 Å². The van der Waals surface area contributed by atoms with E-state index in [4.69, 9.17) is 9.47 Å². The fraction of sp³-hybridized carbons (Fsp3) is 0.550. The maximum atomic E-state index is 12.5. The molecule has 28 heavy (non-hydrogen) atoms. The highest BCUT2D eigenvalue weighted by Crippen LogP contribution is 2.29. The van der Waals surface area contributed by atoms with Crippen LogP contribution >= 0.6 is 0 Å². The minimum absolute atomic E-state index is 0.0243. The van der Waals surface area contributed by atoms with Gasteiger partial charge in [-0.05, 0) is 25.0 Å². The number of amides is 3. The largest absolute Gasteiger partial charge is 0.497 e. The van der Waals surface area contributed by atoms with Gasteiger partial charge in [-0.1, -0.05) is 12.8 Å². The van der Waals surface area contributed by atoms with E-state index in [-0.39, 0.29) is 24.8 Å². The van der Waals surface area contributed by atoms with Crippen LogP contribution in [-0.4, -0.2) is 67.4 Å². The number of nitrogens with zero attached hydrogens (tertiary/aromatic N) is 2. The summed E-state index contributed by atoms with van der Waals surface area (Å²) in [5.74, 6) is 0.234. The van der Waals surface area contributed by atoms with Crippen LogP contribution in [0.3, 0.4) is 0 Å². The van der Waals surface area contributed by atoms with Crippen LogP contribution in [0, 0.1) is 0 Å². The maximum Gasteiger partial charge on any atom is 0.242 e. The summed E-state index contributed by atoms with van der Waals surface area (Å²) in [6, 6.07) is 5.32. The van der Waals surface area contributed by atoms with E-state index in [1.807, 2.05) is 4.90 Å². The summed E-state index contributed by atoms with van der Waals surface area (Å²) in [6.07, 6.45) is 4.10. The highest BCUT2D eigenvalue weighted by atomic mass is 16.5. The molecule has 1 heterocycles. The normalized spacial score (nSPS) is 17.6. The third-order valence-corrected chi connectivity index (χ3v) is 5.37. The Morgan fingerprint density at radius 3 is 2.54 bits per heavy atom. The first-order valence-corrected chi connectivity index (χ1v) is 9.61. The molecule has 1 aromatic rings. The molecule has 3 amide bonds. The van der Waals surface area contributed by atoms with Crippen LogP contribution < -0.4 is 14.8 Å². The fourth-order valence-corrected chi connectivity index (χ4v) is 3.85. The second kappa shape index (κ2) is 8.95. The molecule has 1 aromatic carbocycles. The maximum absolute atomic E-state index is 12.5. The number of carbonyl (C=O) groups is 3. The Kier molecular flexibility index (Phi) is 6.38. The van der Waals surface area contributed by atoms with Gasteiger partial charge in [-0.3, -0.25) is 14.4 Å². The third-order valence-electron chi connectivity index (χ3n) is 5.37.